The van der Waals surface area contributed by atoms with Crippen molar-refractivity contribution in [3.05, 3.63) is 42.0 Å². The van der Waals surface area contributed by atoms with Crippen molar-refractivity contribution < 1.29 is 4.79 Å². The average molecular weight is 211 g/mol. The van der Waals surface area contributed by atoms with Gasteiger partial charge in [0, 0.05) is 18.9 Å². The zero-order chi connectivity index (χ0) is 11.1. The molecule has 2 heteroatoms. The molecule has 0 radical (unpaired) electrons. The monoisotopic (exact) mass is 211 g/mol. The van der Waals surface area contributed by atoms with Crippen LogP contribution in [-0.2, 0) is 11.2 Å². The first-order valence-electron chi connectivity index (χ1n) is 5.54. The molecule has 1 aliphatic heterocycles. The number of benzene rings is 2. The summed E-state index contributed by atoms with van der Waals surface area (Å²) < 4.78 is 0. The van der Waals surface area contributed by atoms with Crippen LogP contribution in [0.4, 0.5) is 5.69 Å². The van der Waals surface area contributed by atoms with E-state index in [1.165, 1.54) is 16.3 Å². The summed E-state index contributed by atoms with van der Waals surface area (Å²) in [5.74, 6) is 0.198. The second-order valence-corrected chi connectivity index (χ2v) is 4.25. The third-order valence-corrected chi connectivity index (χ3v) is 3.31. The number of nitrogens with zero attached hydrogens (tertiary/aromatic N) is 1. The zero-order valence-electron chi connectivity index (χ0n) is 9.23. The van der Waals surface area contributed by atoms with Crippen molar-refractivity contribution in [1.82, 2.24) is 0 Å². The van der Waals surface area contributed by atoms with E-state index in [2.05, 4.69) is 24.3 Å². The number of amides is 1. The van der Waals surface area contributed by atoms with Crippen molar-refractivity contribution in [2.24, 2.45) is 0 Å². The Labute approximate surface area is 94.5 Å². The molecule has 2 nitrogen and oxygen atoms in total. The highest BCUT2D eigenvalue weighted by Crippen LogP contribution is 2.32. The number of aryl methyl sites for hydroxylation is 1. The minimum atomic E-state index is 0.198. The van der Waals surface area contributed by atoms with Crippen molar-refractivity contribution >= 4 is 22.4 Å². The van der Waals surface area contributed by atoms with Gasteiger partial charge in [-0.2, -0.15) is 0 Å². The molecule has 0 N–H and O–H groups in total. The summed E-state index contributed by atoms with van der Waals surface area (Å²) in [6.07, 6.45) is 1.45. The highest BCUT2D eigenvalue weighted by Gasteiger charge is 2.19. The molecule has 0 fully saturated rings. The van der Waals surface area contributed by atoms with Crippen LogP contribution in [0.3, 0.4) is 0 Å². The first kappa shape index (κ1) is 9.40. The van der Waals surface area contributed by atoms with Gasteiger partial charge in [0.2, 0.25) is 5.91 Å². The maximum atomic E-state index is 11.8. The number of carbonyl (C=O) groups excluding carboxylic acids is 1. The number of hydrogen-bond acceptors (Lipinski definition) is 1. The number of carbonyl (C=O) groups is 1. The molecule has 1 amide bonds. The van der Waals surface area contributed by atoms with Crippen LogP contribution in [0.5, 0.6) is 0 Å². The van der Waals surface area contributed by atoms with Gasteiger partial charge in [0.25, 0.3) is 0 Å². The summed E-state index contributed by atoms with van der Waals surface area (Å²) in [6.45, 7) is 0. The molecule has 0 aliphatic carbocycles. The lowest BCUT2D eigenvalue weighted by Crippen LogP contribution is -2.24. The Hall–Kier alpha value is -1.83. The van der Waals surface area contributed by atoms with Crippen LogP contribution in [0, 0.1) is 0 Å². The van der Waals surface area contributed by atoms with Gasteiger partial charge in [0.15, 0.2) is 0 Å². The minimum Gasteiger partial charge on any atom is -0.315 e. The van der Waals surface area contributed by atoms with Crippen molar-refractivity contribution in [1.29, 1.82) is 0 Å². The summed E-state index contributed by atoms with van der Waals surface area (Å²) >= 11 is 0. The van der Waals surface area contributed by atoms with Crippen LogP contribution in [0.2, 0.25) is 0 Å². The van der Waals surface area contributed by atoms with Gasteiger partial charge >= 0.3 is 0 Å². The summed E-state index contributed by atoms with van der Waals surface area (Å²) in [5.41, 5.74) is 2.32. The van der Waals surface area contributed by atoms with Gasteiger partial charge < -0.3 is 4.90 Å². The third kappa shape index (κ3) is 1.23. The summed E-state index contributed by atoms with van der Waals surface area (Å²) in [7, 11) is 1.86. The van der Waals surface area contributed by atoms with Crippen LogP contribution in [-0.4, -0.2) is 13.0 Å². The summed E-state index contributed by atoms with van der Waals surface area (Å²) in [5, 5.41) is 2.45. The van der Waals surface area contributed by atoms with E-state index in [1.54, 1.807) is 4.90 Å². The van der Waals surface area contributed by atoms with E-state index in [1.807, 2.05) is 19.2 Å². The zero-order valence-corrected chi connectivity index (χ0v) is 9.23. The summed E-state index contributed by atoms with van der Waals surface area (Å²) in [6, 6.07) is 12.4. The normalized spacial score (nSPS) is 15.3. The quantitative estimate of drug-likeness (QED) is 0.656. The Morgan fingerprint density at radius 2 is 1.81 bits per heavy atom. The molecule has 1 aliphatic rings. The van der Waals surface area contributed by atoms with Gasteiger partial charge in [0.05, 0.1) is 5.69 Å². The van der Waals surface area contributed by atoms with E-state index in [0.717, 1.165) is 12.1 Å². The van der Waals surface area contributed by atoms with E-state index in [-0.39, 0.29) is 5.91 Å². The number of hydrogen-bond donors (Lipinski definition) is 0. The largest absolute Gasteiger partial charge is 0.315 e. The van der Waals surface area contributed by atoms with Crippen LogP contribution < -0.4 is 4.90 Å². The fraction of sp³-hybridized carbons (Fsp3) is 0.214. The van der Waals surface area contributed by atoms with Crippen molar-refractivity contribution in [2.75, 3.05) is 11.9 Å². The van der Waals surface area contributed by atoms with Gasteiger partial charge in [-0.15, -0.1) is 0 Å². The fourth-order valence-corrected chi connectivity index (χ4v) is 2.43. The molecule has 0 saturated carbocycles. The van der Waals surface area contributed by atoms with Crippen LogP contribution in [0.1, 0.15) is 12.0 Å². The Bertz CT molecular complexity index is 569. The van der Waals surface area contributed by atoms with Gasteiger partial charge in [-0.1, -0.05) is 30.3 Å². The SMILES string of the molecule is CN1C(=O)CCc2cccc3cccc1c23. The van der Waals surface area contributed by atoms with Crippen molar-refractivity contribution in [3.63, 3.8) is 0 Å². The van der Waals surface area contributed by atoms with E-state index < -0.39 is 0 Å². The van der Waals surface area contributed by atoms with E-state index >= 15 is 0 Å². The molecule has 1 heterocycles. The van der Waals surface area contributed by atoms with E-state index in [4.69, 9.17) is 0 Å². The standard InChI is InChI=1S/C14H13NO/c1-15-12-7-3-6-10-4-2-5-11(14(10)12)8-9-13(15)16/h2-7H,8-9H2,1H3. The lowest BCUT2D eigenvalue weighted by Gasteiger charge is -2.17. The number of rotatable bonds is 0. The molecular weight excluding hydrogens is 198 g/mol. The average Bonchev–Trinajstić information content (AvgIpc) is 2.44. The number of anilines is 1. The highest BCUT2D eigenvalue weighted by molar-refractivity contribution is 6.06. The van der Waals surface area contributed by atoms with Crippen molar-refractivity contribution in [2.45, 2.75) is 12.8 Å². The van der Waals surface area contributed by atoms with Crippen LogP contribution in [0.25, 0.3) is 10.8 Å². The molecule has 0 bridgehead atoms. The molecule has 0 atom stereocenters. The lowest BCUT2D eigenvalue weighted by atomic mass is 10.0. The topological polar surface area (TPSA) is 20.3 Å². The second-order valence-electron chi connectivity index (χ2n) is 4.25. The van der Waals surface area contributed by atoms with Crippen LogP contribution in [0.15, 0.2) is 36.4 Å². The first-order valence-corrected chi connectivity index (χ1v) is 5.54. The molecule has 80 valence electrons. The third-order valence-electron chi connectivity index (χ3n) is 3.31. The predicted octanol–water partition coefficient (Wildman–Crippen LogP) is 2.75. The maximum Gasteiger partial charge on any atom is 0.227 e. The Morgan fingerprint density at radius 3 is 2.62 bits per heavy atom. The lowest BCUT2D eigenvalue weighted by molar-refractivity contribution is -0.118. The molecule has 2 aromatic rings. The van der Waals surface area contributed by atoms with Crippen molar-refractivity contribution in [3.8, 4) is 0 Å². The van der Waals surface area contributed by atoms with Gasteiger partial charge in [-0.05, 0) is 23.4 Å². The Morgan fingerprint density at radius 1 is 1.06 bits per heavy atom. The second kappa shape index (κ2) is 3.34. The predicted molar refractivity (Wildman–Crippen MR) is 65.7 cm³/mol. The van der Waals surface area contributed by atoms with Gasteiger partial charge in [-0.3, -0.25) is 4.79 Å². The first-order chi connectivity index (χ1) is 7.77. The smallest absolute Gasteiger partial charge is 0.227 e. The molecule has 0 aromatic heterocycles. The fourth-order valence-electron chi connectivity index (χ4n) is 2.43. The highest BCUT2D eigenvalue weighted by atomic mass is 16.2. The molecule has 16 heavy (non-hydrogen) atoms. The molecule has 0 spiro atoms. The minimum absolute atomic E-state index is 0.198. The molecule has 0 unspecified atom stereocenters. The van der Waals surface area contributed by atoms with E-state index in [0.29, 0.717) is 6.42 Å². The Balaban J connectivity index is 2.41. The summed E-state index contributed by atoms with van der Waals surface area (Å²) in [4.78, 5) is 13.6. The molecule has 3 rings (SSSR count). The van der Waals surface area contributed by atoms with Gasteiger partial charge in [-0.25, -0.2) is 0 Å². The van der Waals surface area contributed by atoms with Gasteiger partial charge in [0.1, 0.15) is 0 Å². The molecule has 0 saturated heterocycles. The van der Waals surface area contributed by atoms with Crippen LogP contribution >= 0.6 is 0 Å². The maximum absolute atomic E-state index is 11.8. The molecule has 2 aromatic carbocycles. The molecular formula is C14H13NO. The van der Waals surface area contributed by atoms with E-state index in [9.17, 15) is 4.79 Å². The Kier molecular flexibility index (Phi) is 1.96.